The molecule has 194 valence electrons. The van der Waals surface area contributed by atoms with Gasteiger partial charge in [-0.2, -0.15) is 0 Å². The zero-order valence-corrected chi connectivity index (χ0v) is 21.0. The minimum Gasteiger partial charge on any atom is -0.494 e. The second-order valence-corrected chi connectivity index (χ2v) is 8.96. The Bertz CT molecular complexity index is 1260. The maximum atomic E-state index is 12.9. The van der Waals surface area contributed by atoms with E-state index in [9.17, 15) is 9.18 Å². The van der Waals surface area contributed by atoms with Crippen LogP contribution in [0.5, 0.6) is 5.75 Å². The van der Waals surface area contributed by atoms with E-state index in [-0.39, 0.29) is 24.9 Å². The highest BCUT2D eigenvalue weighted by atomic mass is 19.1. The lowest BCUT2D eigenvalue weighted by Gasteiger charge is -2.10. The summed E-state index contributed by atoms with van der Waals surface area (Å²) in [5.41, 5.74) is 4.52. The molecule has 37 heavy (non-hydrogen) atoms. The van der Waals surface area contributed by atoms with Crippen molar-refractivity contribution in [3.63, 3.8) is 0 Å². The molecule has 0 bridgehead atoms. The van der Waals surface area contributed by atoms with E-state index in [1.807, 2.05) is 18.2 Å². The van der Waals surface area contributed by atoms with Gasteiger partial charge in [-0.15, -0.1) is 0 Å². The van der Waals surface area contributed by atoms with Gasteiger partial charge >= 0.3 is 0 Å². The average Bonchev–Trinajstić information content (AvgIpc) is 3.33. The maximum Gasteiger partial charge on any atom is 0.246 e. The molecule has 3 aromatic carbocycles. The molecule has 3 N–H and O–H groups in total. The van der Waals surface area contributed by atoms with Crippen molar-refractivity contribution in [1.82, 2.24) is 15.6 Å². The molecule has 6 nitrogen and oxygen atoms in total. The molecule has 1 amide bonds. The molecule has 0 aliphatic carbocycles. The van der Waals surface area contributed by atoms with Gasteiger partial charge in [0.1, 0.15) is 18.2 Å². The van der Waals surface area contributed by atoms with Crippen LogP contribution < -0.4 is 15.4 Å². The fourth-order valence-corrected chi connectivity index (χ4v) is 4.08. The van der Waals surface area contributed by atoms with E-state index in [4.69, 9.17) is 9.47 Å². The molecule has 0 fully saturated rings. The summed E-state index contributed by atoms with van der Waals surface area (Å²) in [6.45, 7) is 3.11. The van der Waals surface area contributed by atoms with Crippen LogP contribution in [-0.2, 0) is 29.1 Å². The third-order valence-corrected chi connectivity index (χ3v) is 6.05. The maximum absolute atomic E-state index is 12.9. The van der Waals surface area contributed by atoms with Crippen LogP contribution in [0, 0.1) is 5.82 Å². The van der Waals surface area contributed by atoms with Gasteiger partial charge in [0, 0.05) is 30.2 Å². The number of nitrogens with one attached hydrogen (secondary N) is 3. The van der Waals surface area contributed by atoms with Gasteiger partial charge in [-0.1, -0.05) is 42.5 Å². The number of fused-ring (bicyclic) bond motifs is 1. The van der Waals surface area contributed by atoms with Crippen molar-refractivity contribution in [3.8, 4) is 5.75 Å². The predicted molar refractivity (Wildman–Crippen MR) is 144 cm³/mol. The summed E-state index contributed by atoms with van der Waals surface area (Å²) in [6, 6.07) is 22.6. The van der Waals surface area contributed by atoms with Crippen LogP contribution in [-0.4, -0.2) is 37.2 Å². The highest BCUT2D eigenvalue weighted by Gasteiger charge is 2.04. The number of H-pyrrole nitrogens is 1. The highest BCUT2D eigenvalue weighted by molar-refractivity contribution is 5.83. The van der Waals surface area contributed by atoms with E-state index < -0.39 is 0 Å². The number of hydrogen-bond donors (Lipinski definition) is 3. The summed E-state index contributed by atoms with van der Waals surface area (Å²) in [6.07, 6.45) is 4.72. The number of aromatic amines is 1. The van der Waals surface area contributed by atoms with Crippen LogP contribution >= 0.6 is 0 Å². The molecule has 0 unspecified atom stereocenters. The quantitative estimate of drug-likeness (QED) is 0.197. The minimum absolute atomic E-state index is 0.0174. The third kappa shape index (κ3) is 8.74. The molecule has 0 saturated heterocycles. The zero-order chi connectivity index (χ0) is 25.7. The van der Waals surface area contributed by atoms with Gasteiger partial charge in [-0.25, -0.2) is 4.39 Å². The monoisotopic (exact) mass is 503 g/mol. The van der Waals surface area contributed by atoms with Gasteiger partial charge in [-0.3, -0.25) is 4.79 Å². The number of hydrogen-bond acceptors (Lipinski definition) is 4. The molecule has 0 aliphatic heterocycles. The van der Waals surface area contributed by atoms with Gasteiger partial charge < -0.3 is 25.1 Å². The van der Waals surface area contributed by atoms with Gasteiger partial charge in [0.2, 0.25) is 5.91 Å². The minimum atomic E-state index is -0.289. The lowest BCUT2D eigenvalue weighted by Crippen LogP contribution is -2.28. The number of ether oxygens (including phenoxy) is 2. The van der Waals surface area contributed by atoms with E-state index in [0.29, 0.717) is 13.2 Å². The molecule has 0 saturated carbocycles. The van der Waals surface area contributed by atoms with Crippen LogP contribution in [0.1, 0.15) is 29.5 Å². The Balaban J connectivity index is 1.04. The van der Waals surface area contributed by atoms with Crippen molar-refractivity contribution in [1.29, 1.82) is 0 Å². The zero-order valence-electron chi connectivity index (χ0n) is 21.0. The molecule has 4 rings (SSSR count). The number of rotatable bonds is 15. The Labute approximate surface area is 217 Å². The summed E-state index contributed by atoms with van der Waals surface area (Å²) < 4.78 is 24.2. The van der Waals surface area contributed by atoms with Crippen molar-refractivity contribution in [2.75, 3.05) is 26.3 Å². The molecule has 4 aromatic rings. The van der Waals surface area contributed by atoms with Crippen LogP contribution in [0.2, 0.25) is 0 Å². The van der Waals surface area contributed by atoms with Gasteiger partial charge in [0.15, 0.2) is 0 Å². The molecule has 0 atom stereocenters. The van der Waals surface area contributed by atoms with Crippen molar-refractivity contribution >= 4 is 16.8 Å². The normalized spacial score (nSPS) is 11.1. The Kier molecular flexibility index (Phi) is 10.1. The molecular formula is C30H34FN3O3. The van der Waals surface area contributed by atoms with E-state index in [1.165, 1.54) is 34.2 Å². The van der Waals surface area contributed by atoms with E-state index >= 15 is 0 Å². The van der Waals surface area contributed by atoms with Crippen LogP contribution in [0.3, 0.4) is 0 Å². The van der Waals surface area contributed by atoms with Crippen LogP contribution in [0.25, 0.3) is 10.9 Å². The Morgan fingerprint density at radius 1 is 0.919 bits per heavy atom. The smallest absolute Gasteiger partial charge is 0.246 e. The van der Waals surface area contributed by atoms with Crippen LogP contribution in [0.4, 0.5) is 4.39 Å². The topological polar surface area (TPSA) is 75.4 Å². The van der Waals surface area contributed by atoms with Crippen molar-refractivity contribution in [3.05, 3.63) is 102 Å². The Morgan fingerprint density at radius 2 is 1.78 bits per heavy atom. The second kappa shape index (κ2) is 14.2. The number of halogens is 1. The first kappa shape index (κ1) is 26.4. The average molecular weight is 504 g/mol. The van der Waals surface area contributed by atoms with Gasteiger partial charge in [0.25, 0.3) is 0 Å². The van der Waals surface area contributed by atoms with E-state index in [1.54, 1.807) is 12.1 Å². The van der Waals surface area contributed by atoms with E-state index in [0.717, 1.165) is 43.7 Å². The first-order valence-electron chi connectivity index (χ1n) is 12.7. The molecule has 7 heteroatoms. The summed E-state index contributed by atoms with van der Waals surface area (Å²) in [5, 5.41) is 7.65. The van der Waals surface area contributed by atoms with Crippen molar-refractivity contribution in [2.24, 2.45) is 0 Å². The Morgan fingerprint density at radius 3 is 2.68 bits per heavy atom. The lowest BCUT2D eigenvalue weighted by molar-refractivity contribution is -0.126. The molecule has 1 aromatic heterocycles. The molecule has 0 aliphatic rings. The van der Waals surface area contributed by atoms with Gasteiger partial charge in [-0.05, 0) is 72.8 Å². The first-order valence-corrected chi connectivity index (χ1v) is 12.7. The van der Waals surface area contributed by atoms with Crippen molar-refractivity contribution in [2.45, 2.75) is 32.4 Å². The fraction of sp³-hybridized carbons (Fsp3) is 0.300. The lowest BCUT2D eigenvalue weighted by atomic mass is 10.1. The van der Waals surface area contributed by atoms with Crippen molar-refractivity contribution < 1.29 is 18.7 Å². The third-order valence-electron chi connectivity index (χ3n) is 6.05. The number of aromatic nitrogens is 1. The highest BCUT2D eigenvalue weighted by Crippen LogP contribution is 2.18. The Hall–Kier alpha value is -3.68. The van der Waals surface area contributed by atoms with Crippen LogP contribution in [0.15, 0.2) is 79.0 Å². The first-order chi connectivity index (χ1) is 18.2. The standard InChI is InChI=1S/C30H34FN3O3/c31-26-12-10-23(11-13-26)21-36-22-30(35)33-15-3-4-17-37-27-7-5-6-24(18-27)19-32-16-14-25-20-34-29-9-2-1-8-28(25)29/h1-2,5-13,18,20,32,34H,3-4,14-17,19,21-22H2,(H,33,35). The van der Waals surface area contributed by atoms with E-state index in [2.05, 4.69) is 52.1 Å². The summed E-state index contributed by atoms with van der Waals surface area (Å²) in [7, 11) is 0. The molecule has 0 radical (unpaired) electrons. The number of amides is 1. The number of carbonyl (C=O) groups excluding carboxylic acids is 1. The number of unbranched alkanes of at least 4 members (excludes halogenated alkanes) is 1. The molecular weight excluding hydrogens is 469 g/mol. The largest absolute Gasteiger partial charge is 0.494 e. The number of para-hydroxylation sites is 1. The SMILES string of the molecule is O=C(COCc1ccc(F)cc1)NCCCCOc1cccc(CNCCc2c[nH]c3ccccc23)c1. The number of benzene rings is 3. The summed E-state index contributed by atoms with van der Waals surface area (Å²) in [4.78, 5) is 15.2. The van der Waals surface area contributed by atoms with Gasteiger partial charge in [0.05, 0.1) is 13.2 Å². The molecule has 1 heterocycles. The second-order valence-electron chi connectivity index (χ2n) is 8.96. The number of carbonyl (C=O) groups is 1. The summed E-state index contributed by atoms with van der Waals surface area (Å²) in [5.74, 6) is 0.408. The molecule has 0 spiro atoms. The fourth-order valence-electron chi connectivity index (χ4n) is 4.08. The summed E-state index contributed by atoms with van der Waals surface area (Å²) >= 11 is 0. The predicted octanol–water partition coefficient (Wildman–Crippen LogP) is 5.13.